The summed E-state index contributed by atoms with van der Waals surface area (Å²) in [6, 6.07) is 0. The van der Waals surface area contributed by atoms with Crippen LogP contribution in [0, 0.1) is 0 Å². The van der Waals surface area contributed by atoms with E-state index in [9.17, 15) is 0 Å². The molecule has 0 radical (unpaired) electrons. The quantitative estimate of drug-likeness (QED) is 0.393. The van der Waals surface area contributed by atoms with Gasteiger partial charge in [0, 0.05) is 10.4 Å². The Morgan fingerprint density at radius 2 is 2.00 bits per heavy atom. The van der Waals surface area contributed by atoms with E-state index >= 15 is 0 Å². The fraction of sp³-hybridized carbons (Fsp3) is 0.538. The summed E-state index contributed by atoms with van der Waals surface area (Å²) in [6.45, 7) is 4.24. The van der Waals surface area contributed by atoms with Gasteiger partial charge in [0.05, 0.1) is 0 Å². The Bertz CT molecular complexity index is 416. The van der Waals surface area contributed by atoms with Gasteiger partial charge in [0.25, 0.3) is 0 Å². The molecule has 1 atom stereocenters. The molecular weight excluding hydrogens is 266 g/mol. The van der Waals surface area contributed by atoms with Crippen LogP contribution in [0.4, 0.5) is 0 Å². The van der Waals surface area contributed by atoms with Crippen molar-refractivity contribution in [1.82, 2.24) is 5.32 Å². The number of allylic oxidation sites excluding steroid dienone is 3. The molecule has 94 valence electrons. The summed E-state index contributed by atoms with van der Waals surface area (Å²) >= 11 is 13.8. The minimum Gasteiger partial charge on any atom is -0.363 e. The first-order chi connectivity index (χ1) is 7.79. The smallest absolute Gasteiger partial charge is 0.125 e. The number of hydrogen-bond acceptors (Lipinski definition) is 4. The van der Waals surface area contributed by atoms with Gasteiger partial charge in [-0.05, 0) is 50.3 Å². The molecule has 1 aliphatic heterocycles. The zero-order chi connectivity index (χ0) is 12.7. The summed E-state index contributed by atoms with van der Waals surface area (Å²) in [5.41, 5.74) is 3.80. The van der Waals surface area contributed by atoms with E-state index in [-0.39, 0.29) is 4.75 Å². The fourth-order valence-electron chi connectivity index (χ4n) is 2.27. The van der Waals surface area contributed by atoms with Crippen molar-refractivity contribution >= 4 is 37.9 Å². The van der Waals surface area contributed by atoms with Crippen molar-refractivity contribution in [3.63, 3.8) is 0 Å². The van der Waals surface area contributed by atoms with Crippen LogP contribution < -0.4 is 5.32 Å². The molecule has 1 nitrogen and oxygen atoms in total. The Morgan fingerprint density at radius 1 is 1.29 bits per heavy atom. The van der Waals surface area contributed by atoms with Gasteiger partial charge in [-0.1, -0.05) is 12.2 Å². The Morgan fingerprint density at radius 3 is 2.71 bits per heavy atom. The zero-order valence-corrected chi connectivity index (χ0v) is 12.9. The van der Waals surface area contributed by atoms with Crippen LogP contribution in [-0.2, 0) is 0 Å². The van der Waals surface area contributed by atoms with Gasteiger partial charge in [-0.3, -0.25) is 0 Å². The molecule has 2 aliphatic rings. The largest absolute Gasteiger partial charge is 0.363 e. The van der Waals surface area contributed by atoms with Gasteiger partial charge in [0.15, 0.2) is 0 Å². The summed E-state index contributed by atoms with van der Waals surface area (Å²) in [7, 11) is 0. The lowest BCUT2D eigenvalue weighted by Crippen LogP contribution is -2.33. The van der Waals surface area contributed by atoms with Gasteiger partial charge in [0.2, 0.25) is 0 Å². The van der Waals surface area contributed by atoms with Crippen molar-refractivity contribution in [1.29, 1.82) is 0 Å². The first kappa shape index (κ1) is 13.5. The number of thiol groups is 3. The van der Waals surface area contributed by atoms with Gasteiger partial charge >= 0.3 is 0 Å². The molecule has 1 fully saturated rings. The van der Waals surface area contributed by atoms with Gasteiger partial charge in [-0.25, -0.2) is 0 Å². The number of rotatable bonds is 0. The highest BCUT2D eigenvalue weighted by molar-refractivity contribution is 8.00. The van der Waals surface area contributed by atoms with Gasteiger partial charge in [-0.2, -0.15) is 12.6 Å². The highest BCUT2D eigenvalue weighted by Crippen LogP contribution is 2.37. The van der Waals surface area contributed by atoms with Crippen LogP contribution in [0.3, 0.4) is 0 Å². The van der Waals surface area contributed by atoms with Crippen LogP contribution in [0.1, 0.15) is 33.1 Å². The first-order valence-electron chi connectivity index (χ1n) is 5.87. The number of hydrogen-bond donors (Lipinski definition) is 4. The molecule has 0 spiro atoms. The highest BCUT2D eigenvalue weighted by Gasteiger charge is 2.29. The van der Waals surface area contributed by atoms with Crippen molar-refractivity contribution in [3.8, 4) is 0 Å². The average Bonchev–Trinajstić information content (AvgIpc) is 2.37. The Kier molecular flexibility index (Phi) is 3.68. The minimum atomic E-state index is -0.429. The number of fused-ring (bicyclic) bond motifs is 1. The van der Waals surface area contributed by atoms with Crippen LogP contribution in [-0.4, -0.2) is 8.95 Å². The van der Waals surface area contributed by atoms with Crippen LogP contribution in [0.15, 0.2) is 35.1 Å². The van der Waals surface area contributed by atoms with E-state index in [2.05, 4.69) is 75.3 Å². The molecule has 0 bridgehead atoms. The highest BCUT2D eigenvalue weighted by atomic mass is 32.2. The minimum absolute atomic E-state index is 0.229. The summed E-state index contributed by atoms with van der Waals surface area (Å²) in [6.07, 6.45) is 9.56. The molecule has 1 aliphatic carbocycles. The molecule has 0 aromatic rings. The van der Waals surface area contributed by atoms with E-state index in [1.165, 1.54) is 11.1 Å². The monoisotopic (exact) mass is 285 g/mol. The van der Waals surface area contributed by atoms with Crippen molar-refractivity contribution in [2.24, 2.45) is 0 Å². The van der Waals surface area contributed by atoms with Crippen molar-refractivity contribution in [3.05, 3.63) is 35.1 Å². The molecule has 4 heteroatoms. The van der Waals surface area contributed by atoms with Crippen LogP contribution >= 0.6 is 37.9 Å². The molecule has 0 amide bonds. The van der Waals surface area contributed by atoms with Gasteiger partial charge in [-0.15, -0.1) is 25.3 Å². The number of nitrogens with one attached hydrogen (secondary N) is 1. The van der Waals surface area contributed by atoms with Crippen molar-refractivity contribution in [2.75, 3.05) is 0 Å². The van der Waals surface area contributed by atoms with Crippen molar-refractivity contribution < 1.29 is 0 Å². The average molecular weight is 286 g/mol. The van der Waals surface area contributed by atoms with Gasteiger partial charge in [0.1, 0.15) is 4.20 Å². The van der Waals surface area contributed by atoms with E-state index < -0.39 is 4.20 Å². The molecule has 1 unspecified atom stereocenters. The van der Waals surface area contributed by atoms with Crippen molar-refractivity contribution in [2.45, 2.75) is 42.1 Å². The predicted octanol–water partition coefficient (Wildman–Crippen LogP) is 3.73. The normalized spacial score (nSPS) is 32.2. The molecule has 0 aromatic heterocycles. The summed E-state index contributed by atoms with van der Waals surface area (Å²) in [5, 5.41) is 3.43. The Hall–Kier alpha value is 0.0700. The lowest BCUT2D eigenvalue weighted by atomic mass is 10.0. The third-order valence-corrected chi connectivity index (χ3v) is 4.14. The molecule has 0 aromatic carbocycles. The maximum Gasteiger partial charge on any atom is 0.125 e. The maximum absolute atomic E-state index is 4.66. The predicted molar refractivity (Wildman–Crippen MR) is 85.0 cm³/mol. The first-order valence-corrected chi connectivity index (χ1v) is 7.21. The summed E-state index contributed by atoms with van der Waals surface area (Å²) in [4.78, 5) is 0. The topological polar surface area (TPSA) is 12.0 Å². The van der Waals surface area contributed by atoms with E-state index in [0.717, 1.165) is 25.0 Å². The van der Waals surface area contributed by atoms with Crippen LogP contribution in [0.25, 0.3) is 0 Å². The fourth-order valence-corrected chi connectivity index (χ4v) is 3.03. The summed E-state index contributed by atoms with van der Waals surface area (Å²) in [5.74, 6) is 0. The SMILES string of the molecule is CC1=C2CCCC(S)(S)NC2=CC(C)(S)C=C1. The van der Waals surface area contributed by atoms with E-state index in [1.807, 2.05) is 0 Å². The molecule has 1 heterocycles. The summed E-state index contributed by atoms with van der Waals surface area (Å²) < 4.78 is -0.657. The third-order valence-electron chi connectivity index (χ3n) is 3.20. The standard InChI is InChI=1S/C13H19NS3/c1-9-5-7-12(2,15)8-11-10(9)4-3-6-13(16,17)14-11/h5,7-8,14-17H,3-4,6H2,1-2H3. The molecule has 1 N–H and O–H groups in total. The lowest BCUT2D eigenvalue weighted by Gasteiger charge is -2.26. The van der Waals surface area contributed by atoms with E-state index in [0.29, 0.717) is 0 Å². The van der Waals surface area contributed by atoms with Gasteiger partial charge < -0.3 is 5.32 Å². The second kappa shape index (κ2) is 4.63. The third kappa shape index (κ3) is 3.30. The van der Waals surface area contributed by atoms with Crippen LogP contribution in [0.5, 0.6) is 0 Å². The second-order valence-corrected chi connectivity index (χ2v) is 7.92. The van der Waals surface area contributed by atoms with E-state index in [1.54, 1.807) is 0 Å². The van der Waals surface area contributed by atoms with E-state index in [4.69, 9.17) is 0 Å². The lowest BCUT2D eigenvalue weighted by molar-refractivity contribution is 0.650. The Balaban J connectivity index is 2.46. The molecule has 0 saturated carbocycles. The molecule has 17 heavy (non-hydrogen) atoms. The second-order valence-electron chi connectivity index (χ2n) is 5.07. The molecule has 2 rings (SSSR count). The zero-order valence-electron chi connectivity index (χ0n) is 10.2. The molecule has 1 saturated heterocycles. The molecular formula is C13H19NS3. The van der Waals surface area contributed by atoms with Crippen LogP contribution in [0.2, 0.25) is 0 Å². The maximum atomic E-state index is 4.66. The Labute approximate surface area is 120 Å².